The number of aryl methyl sites for hydroxylation is 1. The SMILES string of the molecule is Cc1cnc(CNCC(=O)N2CCCCCC2)cn1. The van der Waals surface area contributed by atoms with E-state index >= 15 is 0 Å². The van der Waals surface area contributed by atoms with E-state index in [0.717, 1.165) is 37.3 Å². The molecule has 1 fully saturated rings. The van der Waals surface area contributed by atoms with E-state index < -0.39 is 0 Å². The largest absolute Gasteiger partial charge is 0.342 e. The van der Waals surface area contributed by atoms with Gasteiger partial charge in [0, 0.05) is 32.0 Å². The van der Waals surface area contributed by atoms with Crippen LogP contribution in [-0.4, -0.2) is 40.4 Å². The van der Waals surface area contributed by atoms with Crippen LogP contribution in [0.5, 0.6) is 0 Å². The summed E-state index contributed by atoms with van der Waals surface area (Å²) in [5.74, 6) is 0.196. The topological polar surface area (TPSA) is 58.1 Å². The molecule has 1 aromatic heterocycles. The zero-order valence-electron chi connectivity index (χ0n) is 11.6. The van der Waals surface area contributed by atoms with Crippen molar-refractivity contribution in [3.63, 3.8) is 0 Å². The maximum Gasteiger partial charge on any atom is 0.236 e. The van der Waals surface area contributed by atoms with Crippen LogP contribution in [0.1, 0.15) is 37.1 Å². The summed E-state index contributed by atoms with van der Waals surface area (Å²) in [5.41, 5.74) is 1.78. The molecule has 1 amide bonds. The molecule has 5 heteroatoms. The number of hydrogen-bond donors (Lipinski definition) is 1. The fourth-order valence-electron chi connectivity index (χ4n) is 2.24. The lowest BCUT2D eigenvalue weighted by molar-refractivity contribution is -0.130. The number of nitrogens with one attached hydrogen (secondary N) is 1. The standard InChI is InChI=1S/C14H22N4O/c1-12-8-17-13(10-16-12)9-15-11-14(19)18-6-4-2-3-5-7-18/h8,10,15H,2-7,9,11H2,1H3. The highest BCUT2D eigenvalue weighted by Gasteiger charge is 2.14. The lowest BCUT2D eigenvalue weighted by atomic mass is 10.2. The smallest absolute Gasteiger partial charge is 0.236 e. The van der Waals surface area contributed by atoms with Gasteiger partial charge in [0.25, 0.3) is 0 Å². The molecule has 1 aliphatic heterocycles. The highest BCUT2D eigenvalue weighted by Crippen LogP contribution is 2.09. The number of hydrogen-bond acceptors (Lipinski definition) is 4. The Kier molecular flexibility index (Phi) is 5.27. The van der Waals surface area contributed by atoms with Crippen LogP contribution >= 0.6 is 0 Å². The molecule has 0 radical (unpaired) electrons. The van der Waals surface area contributed by atoms with E-state index in [1.54, 1.807) is 12.4 Å². The van der Waals surface area contributed by atoms with E-state index in [-0.39, 0.29) is 5.91 Å². The molecule has 0 bridgehead atoms. The number of nitrogens with zero attached hydrogens (tertiary/aromatic N) is 3. The van der Waals surface area contributed by atoms with Gasteiger partial charge in [0.2, 0.25) is 5.91 Å². The zero-order valence-corrected chi connectivity index (χ0v) is 11.6. The Hall–Kier alpha value is -1.49. The maximum atomic E-state index is 12.0. The van der Waals surface area contributed by atoms with Gasteiger partial charge in [-0.3, -0.25) is 14.8 Å². The van der Waals surface area contributed by atoms with Gasteiger partial charge < -0.3 is 10.2 Å². The Bertz CT molecular complexity index is 396. The minimum atomic E-state index is 0.196. The van der Waals surface area contributed by atoms with Crippen LogP contribution in [0.25, 0.3) is 0 Å². The normalized spacial score (nSPS) is 16.2. The average molecular weight is 262 g/mol. The fourth-order valence-corrected chi connectivity index (χ4v) is 2.24. The van der Waals surface area contributed by atoms with Gasteiger partial charge in [-0.25, -0.2) is 0 Å². The van der Waals surface area contributed by atoms with Crippen LogP contribution in [0.3, 0.4) is 0 Å². The maximum absolute atomic E-state index is 12.0. The van der Waals surface area contributed by atoms with Crippen molar-refractivity contribution < 1.29 is 4.79 Å². The highest BCUT2D eigenvalue weighted by atomic mass is 16.2. The Morgan fingerprint density at radius 1 is 1.21 bits per heavy atom. The molecule has 1 saturated heterocycles. The first kappa shape index (κ1) is 13.9. The molecule has 5 nitrogen and oxygen atoms in total. The van der Waals surface area contributed by atoms with Gasteiger partial charge in [-0.15, -0.1) is 0 Å². The van der Waals surface area contributed by atoms with Crippen molar-refractivity contribution in [3.8, 4) is 0 Å². The lowest BCUT2D eigenvalue weighted by Gasteiger charge is -2.20. The molecule has 19 heavy (non-hydrogen) atoms. The summed E-state index contributed by atoms with van der Waals surface area (Å²) in [5, 5.41) is 3.14. The second-order valence-electron chi connectivity index (χ2n) is 5.05. The van der Waals surface area contributed by atoms with Gasteiger partial charge in [0.05, 0.1) is 17.9 Å². The van der Waals surface area contributed by atoms with Crippen LogP contribution in [0.15, 0.2) is 12.4 Å². The number of carbonyl (C=O) groups excluding carboxylic acids is 1. The molecule has 1 aliphatic rings. The predicted molar refractivity (Wildman–Crippen MR) is 73.5 cm³/mol. The third-order valence-corrected chi connectivity index (χ3v) is 3.38. The summed E-state index contributed by atoms with van der Waals surface area (Å²) >= 11 is 0. The summed E-state index contributed by atoms with van der Waals surface area (Å²) in [6, 6.07) is 0. The van der Waals surface area contributed by atoms with Crippen LogP contribution in [0.4, 0.5) is 0 Å². The molecule has 0 atom stereocenters. The van der Waals surface area contributed by atoms with E-state index in [4.69, 9.17) is 0 Å². The highest BCUT2D eigenvalue weighted by molar-refractivity contribution is 5.78. The molecule has 0 unspecified atom stereocenters. The lowest BCUT2D eigenvalue weighted by Crippen LogP contribution is -2.38. The second kappa shape index (κ2) is 7.19. The second-order valence-corrected chi connectivity index (χ2v) is 5.05. The quantitative estimate of drug-likeness (QED) is 0.888. The van der Waals surface area contributed by atoms with Gasteiger partial charge in [-0.2, -0.15) is 0 Å². The number of amides is 1. The Labute approximate surface area is 114 Å². The molecule has 1 aromatic rings. The first-order valence-corrected chi connectivity index (χ1v) is 7.02. The van der Waals surface area contributed by atoms with E-state index in [9.17, 15) is 4.79 Å². The molecule has 0 aromatic carbocycles. The van der Waals surface area contributed by atoms with E-state index in [0.29, 0.717) is 13.1 Å². The van der Waals surface area contributed by atoms with Crippen molar-refractivity contribution in [2.45, 2.75) is 39.2 Å². The predicted octanol–water partition coefficient (Wildman–Crippen LogP) is 1.28. The summed E-state index contributed by atoms with van der Waals surface area (Å²) in [6.07, 6.45) is 8.25. The molecule has 1 N–H and O–H groups in total. The molecule has 0 saturated carbocycles. The van der Waals surface area contributed by atoms with Crippen LogP contribution in [0.2, 0.25) is 0 Å². The van der Waals surface area contributed by atoms with Gasteiger partial charge in [0.1, 0.15) is 0 Å². The van der Waals surface area contributed by atoms with E-state index in [1.165, 1.54) is 12.8 Å². The van der Waals surface area contributed by atoms with Gasteiger partial charge in [-0.05, 0) is 19.8 Å². The minimum Gasteiger partial charge on any atom is -0.342 e. The summed E-state index contributed by atoms with van der Waals surface area (Å²) in [6.45, 7) is 4.70. The van der Waals surface area contributed by atoms with Crippen molar-refractivity contribution in [2.75, 3.05) is 19.6 Å². The molecule has 2 rings (SSSR count). The molecule has 104 valence electrons. The van der Waals surface area contributed by atoms with Crippen LogP contribution < -0.4 is 5.32 Å². The first-order valence-electron chi connectivity index (χ1n) is 7.02. The van der Waals surface area contributed by atoms with Crippen molar-refractivity contribution >= 4 is 5.91 Å². The number of likely N-dealkylation sites (tertiary alicyclic amines) is 1. The van der Waals surface area contributed by atoms with E-state index in [1.807, 2.05) is 11.8 Å². The fraction of sp³-hybridized carbons (Fsp3) is 0.643. The summed E-state index contributed by atoms with van der Waals surface area (Å²) in [7, 11) is 0. The molecule has 0 aliphatic carbocycles. The first-order chi connectivity index (χ1) is 9.25. The molecular formula is C14H22N4O. The molecular weight excluding hydrogens is 240 g/mol. The van der Waals surface area contributed by atoms with Crippen molar-refractivity contribution in [1.29, 1.82) is 0 Å². The third kappa shape index (κ3) is 4.59. The Balaban J connectivity index is 1.72. The Morgan fingerprint density at radius 2 is 1.95 bits per heavy atom. The molecule has 2 heterocycles. The number of aromatic nitrogens is 2. The third-order valence-electron chi connectivity index (χ3n) is 3.38. The minimum absolute atomic E-state index is 0.196. The van der Waals surface area contributed by atoms with Gasteiger partial charge in [0.15, 0.2) is 0 Å². The monoisotopic (exact) mass is 262 g/mol. The van der Waals surface area contributed by atoms with Crippen molar-refractivity contribution in [2.24, 2.45) is 0 Å². The van der Waals surface area contributed by atoms with Crippen molar-refractivity contribution in [1.82, 2.24) is 20.2 Å². The number of rotatable bonds is 4. The van der Waals surface area contributed by atoms with Crippen LogP contribution in [-0.2, 0) is 11.3 Å². The van der Waals surface area contributed by atoms with Gasteiger partial charge >= 0.3 is 0 Å². The van der Waals surface area contributed by atoms with Crippen LogP contribution in [0, 0.1) is 6.92 Å². The van der Waals surface area contributed by atoms with E-state index in [2.05, 4.69) is 15.3 Å². The average Bonchev–Trinajstić information content (AvgIpc) is 2.70. The summed E-state index contributed by atoms with van der Waals surface area (Å²) < 4.78 is 0. The Morgan fingerprint density at radius 3 is 2.58 bits per heavy atom. The van der Waals surface area contributed by atoms with Crippen molar-refractivity contribution in [3.05, 3.63) is 23.8 Å². The van der Waals surface area contributed by atoms with Gasteiger partial charge in [-0.1, -0.05) is 12.8 Å². The molecule has 0 spiro atoms. The number of carbonyl (C=O) groups is 1. The zero-order chi connectivity index (χ0) is 13.5. The summed E-state index contributed by atoms with van der Waals surface area (Å²) in [4.78, 5) is 22.4.